The fourth-order valence-electron chi connectivity index (χ4n) is 7.64. The third-order valence-corrected chi connectivity index (χ3v) is 11.7. The smallest absolute Gasteiger partial charge is 0.306 e. The van der Waals surface area contributed by atoms with Gasteiger partial charge in [-0.1, -0.05) is 209 Å². The van der Waals surface area contributed by atoms with Crippen molar-refractivity contribution in [2.45, 2.75) is 250 Å². The lowest BCUT2D eigenvalue weighted by Crippen LogP contribution is -2.59. The Kier molecular flexibility index (Phi) is 41.1. The molecule has 0 spiro atoms. The lowest BCUT2D eigenvalue weighted by Gasteiger charge is -2.39. The van der Waals surface area contributed by atoms with E-state index in [0.717, 1.165) is 57.8 Å². The van der Waals surface area contributed by atoms with Crippen LogP contribution in [0.5, 0.6) is 0 Å². The number of ether oxygens (including phenoxy) is 4. The molecule has 64 heavy (non-hydrogen) atoms. The number of unbranched alkanes of at least 4 members (excludes halogenated alkanes) is 22. The summed E-state index contributed by atoms with van der Waals surface area (Å²) in [5.41, 5.74) is 0. The summed E-state index contributed by atoms with van der Waals surface area (Å²) in [5, 5.41) is 40.2. The highest BCUT2D eigenvalue weighted by atomic mass is 16.7. The van der Waals surface area contributed by atoms with Crippen molar-refractivity contribution < 1.29 is 49.0 Å². The van der Waals surface area contributed by atoms with Crippen LogP contribution in [0.3, 0.4) is 0 Å². The van der Waals surface area contributed by atoms with E-state index in [4.69, 9.17) is 18.9 Å². The lowest BCUT2D eigenvalue weighted by molar-refractivity contribution is -0.305. The zero-order valence-corrected chi connectivity index (χ0v) is 40.5. The first-order chi connectivity index (χ1) is 31.3. The molecule has 0 amide bonds. The highest BCUT2D eigenvalue weighted by Gasteiger charge is 2.44. The zero-order valence-electron chi connectivity index (χ0n) is 40.5. The Morgan fingerprint density at radius 1 is 0.500 bits per heavy atom. The van der Waals surface area contributed by atoms with Crippen LogP contribution in [0.25, 0.3) is 0 Å². The van der Waals surface area contributed by atoms with E-state index < -0.39 is 55.4 Å². The third kappa shape index (κ3) is 34.7. The van der Waals surface area contributed by atoms with Gasteiger partial charge in [-0.05, 0) is 51.4 Å². The Bertz CT molecular complexity index is 1230. The second-order valence-corrected chi connectivity index (χ2v) is 17.6. The third-order valence-electron chi connectivity index (χ3n) is 11.7. The average Bonchev–Trinajstić information content (AvgIpc) is 3.29. The number of hydrogen-bond acceptors (Lipinski definition) is 10. The van der Waals surface area contributed by atoms with E-state index in [-0.39, 0.29) is 26.1 Å². The number of aliphatic hydroxyl groups is 4. The largest absolute Gasteiger partial charge is 0.462 e. The van der Waals surface area contributed by atoms with Crippen LogP contribution < -0.4 is 0 Å². The molecule has 0 aromatic rings. The summed E-state index contributed by atoms with van der Waals surface area (Å²) in [6.07, 6.45) is 48.1. The molecule has 10 heteroatoms. The molecule has 1 saturated heterocycles. The molecule has 0 aromatic carbocycles. The van der Waals surface area contributed by atoms with Crippen LogP contribution in [0.2, 0.25) is 0 Å². The minimum absolute atomic E-state index is 0.196. The summed E-state index contributed by atoms with van der Waals surface area (Å²) in [4.78, 5) is 25.4. The predicted octanol–water partition coefficient (Wildman–Crippen LogP) is 12.2. The molecule has 1 fully saturated rings. The van der Waals surface area contributed by atoms with Crippen LogP contribution in [-0.2, 0) is 28.5 Å². The van der Waals surface area contributed by atoms with Crippen molar-refractivity contribution in [1.29, 1.82) is 0 Å². The molecule has 4 N–H and O–H groups in total. The van der Waals surface area contributed by atoms with E-state index in [2.05, 4.69) is 68.5 Å². The molecular weight excluding hydrogens is 809 g/mol. The molecule has 0 bridgehead atoms. The molecule has 0 aromatic heterocycles. The van der Waals surface area contributed by atoms with Gasteiger partial charge >= 0.3 is 11.9 Å². The molecule has 1 heterocycles. The van der Waals surface area contributed by atoms with Crippen LogP contribution in [0.15, 0.2) is 60.8 Å². The highest BCUT2D eigenvalue weighted by molar-refractivity contribution is 5.70. The van der Waals surface area contributed by atoms with Crippen molar-refractivity contribution in [3.63, 3.8) is 0 Å². The van der Waals surface area contributed by atoms with Gasteiger partial charge in [0.2, 0.25) is 0 Å². The van der Waals surface area contributed by atoms with Gasteiger partial charge in [0, 0.05) is 12.8 Å². The Hall–Kier alpha value is -2.60. The minimum Gasteiger partial charge on any atom is -0.462 e. The first-order valence-corrected chi connectivity index (χ1v) is 25.9. The molecular formula is C54H94O10. The van der Waals surface area contributed by atoms with Crippen LogP contribution in [0.4, 0.5) is 0 Å². The van der Waals surface area contributed by atoms with Crippen LogP contribution >= 0.6 is 0 Å². The molecule has 10 nitrogen and oxygen atoms in total. The molecule has 2 unspecified atom stereocenters. The van der Waals surface area contributed by atoms with Crippen molar-refractivity contribution in [3.8, 4) is 0 Å². The topological polar surface area (TPSA) is 152 Å². The molecule has 1 aliphatic heterocycles. The maximum atomic E-state index is 12.8. The Labute approximate surface area is 390 Å². The Morgan fingerprint density at radius 2 is 0.922 bits per heavy atom. The van der Waals surface area contributed by atoms with Gasteiger partial charge in [-0.25, -0.2) is 0 Å². The van der Waals surface area contributed by atoms with Crippen LogP contribution in [0, 0.1) is 0 Å². The van der Waals surface area contributed by atoms with Gasteiger partial charge in [0.1, 0.15) is 31.0 Å². The van der Waals surface area contributed by atoms with Crippen LogP contribution in [0.1, 0.15) is 213 Å². The highest BCUT2D eigenvalue weighted by Crippen LogP contribution is 2.23. The van der Waals surface area contributed by atoms with Gasteiger partial charge in [0.15, 0.2) is 12.4 Å². The summed E-state index contributed by atoms with van der Waals surface area (Å²) < 4.78 is 22.2. The minimum atomic E-state index is -1.60. The number of aliphatic hydroxyl groups excluding tert-OH is 4. The quantitative estimate of drug-likeness (QED) is 0.0264. The van der Waals surface area contributed by atoms with Crippen molar-refractivity contribution in [1.82, 2.24) is 0 Å². The Morgan fingerprint density at radius 3 is 1.38 bits per heavy atom. The summed E-state index contributed by atoms with van der Waals surface area (Å²) in [7, 11) is 0. The standard InChI is InChI=1S/C54H94O10/c1-3-5-7-9-11-13-15-17-19-21-22-23-24-25-27-29-31-33-35-37-39-41-43-50(57)63-47(46-62-54-53(60)52(59)51(58)48(44-55)64-54)45-61-49(56)42-40-38-36-34-32-30-28-26-20-18-16-14-12-10-8-6-4-2/h6,8,12,14,18,20,28,30,34,36,47-48,51-55,58-60H,3-5,7,9-11,13,15-17,19,21-27,29,31-33,35,37-46H2,1-2H3/b8-6+,14-12+,20-18+,30-28+,36-34+/t47-,48-,51+,52?,53?,54-/m1/s1. The Balaban J connectivity index is 2.28. The first kappa shape index (κ1) is 59.4. The van der Waals surface area contributed by atoms with Crippen molar-refractivity contribution in [3.05, 3.63) is 60.8 Å². The second kappa shape index (κ2) is 44.2. The molecule has 0 saturated carbocycles. The van der Waals surface area contributed by atoms with E-state index in [0.29, 0.717) is 12.8 Å². The monoisotopic (exact) mass is 903 g/mol. The fourth-order valence-corrected chi connectivity index (χ4v) is 7.64. The van der Waals surface area contributed by atoms with Gasteiger partial charge in [0.05, 0.1) is 13.2 Å². The van der Waals surface area contributed by atoms with Gasteiger partial charge in [-0.3, -0.25) is 9.59 Å². The number of hydrogen-bond donors (Lipinski definition) is 4. The normalized spacial score (nSPS) is 19.9. The van der Waals surface area contributed by atoms with Gasteiger partial charge in [-0.15, -0.1) is 0 Å². The van der Waals surface area contributed by atoms with E-state index in [9.17, 15) is 30.0 Å². The SMILES string of the molecule is CC/C=C/C/C=C/C/C=C/C/C=C/C/C=C/CCCC(=O)OC[C@H](CO[C@@H]1O[C@H](CO)[C@H](O)C(O)C1O)OC(=O)CCCCCCCCCCCCCCCCCCCCCCCC. The van der Waals surface area contributed by atoms with Gasteiger partial charge in [-0.2, -0.15) is 0 Å². The van der Waals surface area contributed by atoms with E-state index in [1.807, 2.05) is 6.08 Å². The number of rotatable bonds is 43. The number of esters is 2. The van der Waals surface area contributed by atoms with Crippen molar-refractivity contribution in [2.24, 2.45) is 0 Å². The molecule has 370 valence electrons. The lowest BCUT2D eigenvalue weighted by atomic mass is 9.99. The van der Waals surface area contributed by atoms with Gasteiger partial charge in [0.25, 0.3) is 0 Å². The molecule has 0 aliphatic carbocycles. The van der Waals surface area contributed by atoms with E-state index in [1.165, 1.54) is 116 Å². The summed E-state index contributed by atoms with van der Waals surface area (Å²) in [6.45, 7) is 3.28. The fraction of sp³-hybridized carbons (Fsp3) is 0.778. The number of allylic oxidation sites excluding steroid dienone is 10. The van der Waals surface area contributed by atoms with Crippen molar-refractivity contribution >= 4 is 11.9 Å². The number of carbonyl (C=O) groups is 2. The summed E-state index contributed by atoms with van der Waals surface area (Å²) >= 11 is 0. The molecule has 1 aliphatic rings. The maximum Gasteiger partial charge on any atom is 0.306 e. The van der Waals surface area contributed by atoms with Crippen LogP contribution in [-0.4, -0.2) is 89.0 Å². The summed E-state index contributed by atoms with van der Waals surface area (Å²) in [5.74, 6) is -0.870. The van der Waals surface area contributed by atoms with Gasteiger partial charge < -0.3 is 39.4 Å². The molecule has 0 radical (unpaired) electrons. The molecule has 6 atom stereocenters. The first-order valence-electron chi connectivity index (χ1n) is 25.9. The maximum absolute atomic E-state index is 12.8. The summed E-state index contributed by atoms with van der Waals surface area (Å²) in [6, 6.07) is 0. The number of carbonyl (C=O) groups excluding carboxylic acids is 2. The average molecular weight is 903 g/mol. The van der Waals surface area contributed by atoms with E-state index >= 15 is 0 Å². The molecule has 1 rings (SSSR count). The van der Waals surface area contributed by atoms with E-state index in [1.54, 1.807) is 0 Å². The predicted molar refractivity (Wildman–Crippen MR) is 261 cm³/mol. The second-order valence-electron chi connectivity index (χ2n) is 17.6. The zero-order chi connectivity index (χ0) is 46.6. The van der Waals surface area contributed by atoms with Crippen molar-refractivity contribution in [2.75, 3.05) is 19.8 Å².